The first-order valence-electron chi connectivity index (χ1n) is 7.97. The number of piperidine rings is 1. The first kappa shape index (κ1) is 17.9. The van der Waals surface area contributed by atoms with Gasteiger partial charge >= 0.3 is 0 Å². The zero-order valence-corrected chi connectivity index (χ0v) is 15.9. The molecule has 23 heavy (non-hydrogen) atoms. The Balaban J connectivity index is 0.00000192. The van der Waals surface area contributed by atoms with Crippen molar-refractivity contribution >= 4 is 40.8 Å². The Morgan fingerprint density at radius 2 is 2.09 bits per heavy atom. The maximum atomic E-state index is 6.10. The summed E-state index contributed by atoms with van der Waals surface area (Å²) in [6.45, 7) is 2.78. The Kier molecular flexibility index (Phi) is 6.56. The number of H-pyrrole nitrogens is 1. The average Bonchev–Trinajstić information content (AvgIpc) is 2.99. The molecule has 6 heteroatoms. The van der Waals surface area contributed by atoms with Gasteiger partial charge in [-0.15, -0.1) is 24.0 Å². The minimum atomic E-state index is 0. The molecular formula is C17H25IN4O. The van der Waals surface area contributed by atoms with Crippen molar-refractivity contribution in [2.45, 2.75) is 25.7 Å². The van der Waals surface area contributed by atoms with E-state index in [-0.39, 0.29) is 24.0 Å². The van der Waals surface area contributed by atoms with E-state index in [1.807, 2.05) is 18.3 Å². The van der Waals surface area contributed by atoms with Crippen LogP contribution in [0.25, 0.3) is 10.9 Å². The second-order valence-corrected chi connectivity index (χ2v) is 5.73. The van der Waals surface area contributed by atoms with Crippen molar-refractivity contribution in [3.63, 3.8) is 0 Å². The molecule has 1 aromatic carbocycles. The molecule has 3 N–H and O–H groups in total. The van der Waals surface area contributed by atoms with Crippen LogP contribution in [0.3, 0.4) is 0 Å². The van der Waals surface area contributed by atoms with Crippen LogP contribution in [0.4, 0.5) is 0 Å². The van der Waals surface area contributed by atoms with Crippen molar-refractivity contribution in [3.8, 4) is 5.75 Å². The number of aliphatic imine (C=N–C) groups is 1. The van der Waals surface area contributed by atoms with Crippen LogP contribution in [-0.4, -0.2) is 42.6 Å². The Morgan fingerprint density at radius 1 is 1.30 bits per heavy atom. The molecule has 0 aliphatic carbocycles. The summed E-state index contributed by atoms with van der Waals surface area (Å²) in [6, 6.07) is 6.05. The molecule has 1 aliphatic rings. The lowest BCUT2D eigenvalue weighted by molar-refractivity contribution is 0.338. The highest BCUT2D eigenvalue weighted by Crippen LogP contribution is 2.28. The number of hydrogen-bond acceptors (Lipinski definition) is 2. The highest BCUT2D eigenvalue weighted by Gasteiger charge is 2.12. The lowest BCUT2D eigenvalue weighted by Gasteiger charge is -2.27. The molecule has 0 spiro atoms. The monoisotopic (exact) mass is 428 g/mol. The quantitative estimate of drug-likeness (QED) is 0.447. The van der Waals surface area contributed by atoms with Crippen LogP contribution < -0.4 is 10.5 Å². The van der Waals surface area contributed by atoms with Crippen molar-refractivity contribution in [1.82, 2.24) is 9.88 Å². The van der Waals surface area contributed by atoms with Gasteiger partial charge in [-0.2, -0.15) is 0 Å². The van der Waals surface area contributed by atoms with E-state index in [0.29, 0.717) is 12.5 Å². The normalized spacial score (nSPS) is 15.5. The second kappa shape index (κ2) is 8.42. The number of nitrogens with zero attached hydrogens (tertiary/aromatic N) is 2. The molecule has 1 saturated heterocycles. The SMILES string of the molecule is COc1cccc2[nH]cc(CCN=C(N)N3CCCCC3)c12.I. The maximum Gasteiger partial charge on any atom is 0.191 e. The lowest BCUT2D eigenvalue weighted by Crippen LogP contribution is -2.41. The summed E-state index contributed by atoms with van der Waals surface area (Å²) < 4.78 is 5.46. The molecule has 0 bridgehead atoms. The molecule has 0 saturated carbocycles. The minimum absolute atomic E-state index is 0. The van der Waals surface area contributed by atoms with Crippen LogP contribution in [0.15, 0.2) is 29.4 Å². The van der Waals surface area contributed by atoms with E-state index in [2.05, 4.69) is 20.9 Å². The fourth-order valence-corrected chi connectivity index (χ4v) is 3.10. The number of halogens is 1. The Bertz CT molecular complexity index is 662. The third kappa shape index (κ3) is 4.10. The lowest BCUT2D eigenvalue weighted by atomic mass is 10.1. The summed E-state index contributed by atoms with van der Waals surface area (Å²) in [5, 5.41) is 1.15. The molecule has 126 valence electrons. The standard InChI is InChI=1S/C17H24N4O.HI/c1-22-15-7-5-6-14-16(15)13(12-20-14)8-9-19-17(18)21-10-3-2-4-11-21;/h5-7,12,20H,2-4,8-11H2,1H3,(H2,18,19);1H. The van der Waals surface area contributed by atoms with Crippen molar-refractivity contribution in [1.29, 1.82) is 0 Å². The van der Waals surface area contributed by atoms with Gasteiger partial charge in [-0.25, -0.2) is 0 Å². The van der Waals surface area contributed by atoms with E-state index in [4.69, 9.17) is 10.5 Å². The van der Waals surface area contributed by atoms with E-state index in [1.165, 1.54) is 24.8 Å². The zero-order chi connectivity index (χ0) is 15.4. The molecule has 1 fully saturated rings. The summed E-state index contributed by atoms with van der Waals surface area (Å²) >= 11 is 0. The fraction of sp³-hybridized carbons (Fsp3) is 0.471. The third-order valence-corrected chi connectivity index (χ3v) is 4.30. The molecule has 2 heterocycles. The van der Waals surface area contributed by atoms with Gasteiger partial charge in [-0.1, -0.05) is 6.07 Å². The van der Waals surface area contributed by atoms with Gasteiger partial charge in [-0.05, 0) is 43.4 Å². The van der Waals surface area contributed by atoms with E-state index < -0.39 is 0 Å². The van der Waals surface area contributed by atoms with Crippen molar-refractivity contribution in [2.75, 3.05) is 26.7 Å². The first-order chi connectivity index (χ1) is 10.8. The number of ether oxygens (including phenoxy) is 1. The summed E-state index contributed by atoms with van der Waals surface area (Å²) in [5.41, 5.74) is 8.42. The van der Waals surface area contributed by atoms with Crippen LogP contribution in [0.1, 0.15) is 24.8 Å². The van der Waals surface area contributed by atoms with E-state index in [0.717, 1.165) is 36.2 Å². The number of likely N-dealkylation sites (tertiary alicyclic amines) is 1. The summed E-state index contributed by atoms with van der Waals surface area (Å²) in [4.78, 5) is 10.0. The smallest absolute Gasteiger partial charge is 0.191 e. The van der Waals surface area contributed by atoms with Gasteiger partial charge < -0.3 is 20.4 Å². The maximum absolute atomic E-state index is 6.10. The number of aromatic amines is 1. The molecule has 1 aliphatic heterocycles. The molecule has 3 rings (SSSR count). The van der Waals surface area contributed by atoms with E-state index in [9.17, 15) is 0 Å². The highest BCUT2D eigenvalue weighted by atomic mass is 127. The molecule has 5 nitrogen and oxygen atoms in total. The number of rotatable bonds is 4. The highest BCUT2D eigenvalue weighted by molar-refractivity contribution is 14.0. The molecule has 0 atom stereocenters. The fourth-order valence-electron chi connectivity index (χ4n) is 3.10. The van der Waals surface area contributed by atoms with Gasteiger partial charge in [-0.3, -0.25) is 4.99 Å². The molecule has 0 amide bonds. The Labute approximate surface area is 154 Å². The van der Waals surface area contributed by atoms with Gasteiger partial charge in [0.1, 0.15) is 5.75 Å². The van der Waals surface area contributed by atoms with Crippen molar-refractivity contribution in [2.24, 2.45) is 10.7 Å². The molecular weight excluding hydrogens is 403 g/mol. The van der Waals surface area contributed by atoms with Crippen molar-refractivity contribution in [3.05, 3.63) is 30.0 Å². The number of guanidine groups is 1. The zero-order valence-electron chi connectivity index (χ0n) is 13.5. The topological polar surface area (TPSA) is 66.6 Å². The number of nitrogens with one attached hydrogen (secondary N) is 1. The van der Waals surface area contributed by atoms with E-state index >= 15 is 0 Å². The first-order valence-corrected chi connectivity index (χ1v) is 7.97. The number of methoxy groups -OCH3 is 1. The number of fused-ring (bicyclic) bond motifs is 1. The average molecular weight is 428 g/mol. The molecule has 2 aromatic rings. The number of aromatic nitrogens is 1. The van der Waals surface area contributed by atoms with Gasteiger partial charge in [0, 0.05) is 36.7 Å². The molecule has 0 radical (unpaired) electrons. The summed E-state index contributed by atoms with van der Waals surface area (Å²) in [7, 11) is 1.71. The van der Waals surface area contributed by atoms with E-state index in [1.54, 1.807) is 7.11 Å². The number of benzene rings is 1. The third-order valence-electron chi connectivity index (χ3n) is 4.30. The Hall–Kier alpha value is -1.44. The predicted octanol–water partition coefficient (Wildman–Crippen LogP) is 3.14. The van der Waals surface area contributed by atoms with Crippen LogP contribution >= 0.6 is 24.0 Å². The minimum Gasteiger partial charge on any atom is -0.496 e. The van der Waals surface area contributed by atoms with Crippen LogP contribution in [0.5, 0.6) is 5.75 Å². The van der Waals surface area contributed by atoms with Crippen LogP contribution in [0.2, 0.25) is 0 Å². The van der Waals surface area contributed by atoms with Crippen LogP contribution in [0, 0.1) is 0 Å². The van der Waals surface area contributed by atoms with Crippen molar-refractivity contribution < 1.29 is 4.74 Å². The largest absolute Gasteiger partial charge is 0.496 e. The predicted molar refractivity (Wildman–Crippen MR) is 106 cm³/mol. The van der Waals surface area contributed by atoms with Gasteiger partial charge in [0.05, 0.1) is 7.11 Å². The summed E-state index contributed by atoms with van der Waals surface area (Å²) in [5.74, 6) is 1.59. The second-order valence-electron chi connectivity index (χ2n) is 5.73. The Morgan fingerprint density at radius 3 is 2.83 bits per heavy atom. The van der Waals surface area contributed by atoms with Gasteiger partial charge in [0.2, 0.25) is 0 Å². The summed E-state index contributed by atoms with van der Waals surface area (Å²) in [6.07, 6.45) is 6.64. The number of nitrogens with two attached hydrogens (primary N) is 1. The van der Waals surface area contributed by atoms with Crippen LogP contribution in [-0.2, 0) is 6.42 Å². The van der Waals surface area contributed by atoms with Gasteiger partial charge in [0.15, 0.2) is 5.96 Å². The number of hydrogen-bond donors (Lipinski definition) is 2. The molecule has 1 aromatic heterocycles. The molecule has 0 unspecified atom stereocenters. The van der Waals surface area contributed by atoms with Gasteiger partial charge in [0.25, 0.3) is 0 Å².